The molecule has 0 unspecified atom stereocenters. The Labute approximate surface area is 197 Å². The van der Waals surface area contributed by atoms with E-state index >= 15 is 0 Å². The van der Waals surface area contributed by atoms with Crippen LogP contribution in [0.4, 0.5) is 0 Å². The quantitative estimate of drug-likeness (QED) is 0.156. The van der Waals surface area contributed by atoms with Crippen LogP contribution < -0.4 is 14.8 Å². The largest absolute Gasteiger partial charge is 0.482 e. The second-order valence-electron chi connectivity index (χ2n) is 7.45. The van der Waals surface area contributed by atoms with Crippen LogP contribution in [0.5, 0.6) is 11.5 Å². The van der Waals surface area contributed by atoms with Gasteiger partial charge in [0, 0.05) is 11.0 Å². The number of esters is 1. The van der Waals surface area contributed by atoms with Crippen molar-refractivity contribution in [1.29, 1.82) is 5.26 Å². The molecule has 0 radical (unpaired) electrons. The molecule has 0 aliphatic heterocycles. The van der Waals surface area contributed by atoms with Gasteiger partial charge in [0.1, 0.15) is 23.1 Å². The Kier molecular flexibility index (Phi) is 9.96. The lowest BCUT2D eigenvalue weighted by Crippen LogP contribution is -2.25. The van der Waals surface area contributed by atoms with Gasteiger partial charge < -0.3 is 14.8 Å². The van der Waals surface area contributed by atoms with Gasteiger partial charge in [-0.2, -0.15) is 5.26 Å². The molecule has 6 nitrogen and oxygen atoms in total. The number of hydrogen-bond acceptors (Lipinski definition) is 5. The van der Waals surface area contributed by atoms with E-state index in [1.54, 1.807) is 24.3 Å². The van der Waals surface area contributed by atoms with Gasteiger partial charge in [0.25, 0.3) is 5.91 Å². The zero-order chi connectivity index (χ0) is 23.5. The molecule has 0 spiro atoms. The number of rotatable bonds is 10. The molecule has 0 saturated carbocycles. The highest BCUT2D eigenvalue weighted by Gasteiger charge is 2.12. The minimum Gasteiger partial charge on any atom is -0.482 e. The summed E-state index contributed by atoms with van der Waals surface area (Å²) in [4.78, 5) is 24.2. The van der Waals surface area contributed by atoms with Crippen LogP contribution in [-0.2, 0) is 9.59 Å². The van der Waals surface area contributed by atoms with Crippen LogP contribution in [0.25, 0.3) is 6.08 Å². The molecule has 0 bridgehead atoms. The van der Waals surface area contributed by atoms with E-state index in [2.05, 4.69) is 35.1 Å². The monoisotopic (exact) mass is 498 g/mol. The molecule has 168 valence electrons. The number of benzene rings is 2. The van der Waals surface area contributed by atoms with Gasteiger partial charge in [0.15, 0.2) is 6.61 Å². The summed E-state index contributed by atoms with van der Waals surface area (Å²) >= 11 is 3.44. The number of carbonyl (C=O) groups is 2. The normalized spacial score (nSPS) is 11.1. The second-order valence-corrected chi connectivity index (χ2v) is 8.36. The van der Waals surface area contributed by atoms with Crippen LogP contribution in [0.15, 0.2) is 52.5 Å². The number of carbonyl (C=O) groups excluding carboxylic acids is 2. The molecule has 0 aromatic heterocycles. The molecule has 7 heteroatoms. The molecule has 0 fully saturated rings. The van der Waals surface area contributed by atoms with Crippen molar-refractivity contribution >= 4 is 33.9 Å². The first-order valence-electron chi connectivity index (χ1n) is 10.5. The lowest BCUT2D eigenvalue weighted by Gasteiger charge is -2.14. The average molecular weight is 499 g/mol. The molecule has 0 aliphatic carbocycles. The van der Waals surface area contributed by atoms with E-state index in [4.69, 9.17) is 9.47 Å². The Morgan fingerprint density at radius 3 is 2.53 bits per heavy atom. The number of unbranched alkanes of at least 4 members (excludes halogenated alkanes) is 1. The summed E-state index contributed by atoms with van der Waals surface area (Å²) in [7, 11) is 0. The molecule has 1 amide bonds. The van der Waals surface area contributed by atoms with Crippen LogP contribution in [-0.4, -0.2) is 25.0 Å². The summed E-state index contributed by atoms with van der Waals surface area (Å²) in [6.45, 7) is 6.44. The van der Waals surface area contributed by atoms with Gasteiger partial charge in [0.05, 0.1) is 0 Å². The number of nitriles is 1. The Hall–Kier alpha value is -3.11. The fourth-order valence-electron chi connectivity index (χ4n) is 2.82. The smallest absolute Gasteiger partial charge is 0.349 e. The highest BCUT2D eigenvalue weighted by Crippen LogP contribution is 2.29. The Balaban J connectivity index is 1.95. The van der Waals surface area contributed by atoms with Crippen molar-refractivity contribution in [3.8, 4) is 17.6 Å². The highest BCUT2D eigenvalue weighted by atomic mass is 79.9. The molecular formula is C25H27BrN2O4. The van der Waals surface area contributed by atoms with E-state index in [0.717, 1.165) is 22.9 Å². The van der Waals surface area contributed by atoms with Crippen LogP contribution in [0, 0.1) is 11.3 Å². The number of ether oxygens (including phenoxy) is 2. The first-order valence-corrected chi connectivity index (χ1v) is 11.3. The molecule has 32 heavy (non-hydrogen) atoms. The van der Waals surface area contributed by atoms with Gasteiger partial charge in [-0.05, 0) is 59.9 Å². The minimum atomic E-state index is -0.529. The summed E-state index contributed by atoms with van der Waals surface area (Å²) in [6.07, 6.45) is 3.31. The fraction of sp³-hybridized carbons (Fsp3) is 0.320. The van der Waals surface area contributed by atoms with Crippen molar-refractivity contribution in [3.05, 3.63) is 63.6 Å². The van der Waals surface area contributed by atoms with E-state index in [-0.39, 0.29) is 18.1 Å². The van der Waals surface area contributed by atoms with E-state index in [1.807, 2.05) is 31.2 Å². The molecule has 0 saturated heterocycles. The van der Waals surface area contributed by atoms with E-state index in [0.29, 0.717) is 23.6 Å². The Bertz CT molecular complexity index is 1010. The van der Waals surface area contributed by atoms with Crippen LogP contribution in [0.2, 0.25) is 0 Å². The van der Waals surface area contributed by atoms with Gasteiger partial charge in [0.2, 0.25) is 0 Å². The summed E-state index contributed by atoms with van der Waals surface area (Å²) in [5, 5.41) is 12.0. The van der Waals surface area contributed by atoms with Crippen LogP contribution in [0.1, 0.15) is 50.7 Å². The molecule has 2 aromatic carbocycles. The number of amides is 1. The van der Waals surface area contributed by atoms with Crippen LogP contribution in [0.3, 0.4) is 0 Å². The molecule has 2 aromatic rings. The maximum Gasteiger partial charge on any atom is 0.349 e. The average Bonchev–Trinajstić information content (AvgIpc) is 2.77. The fourth-order valence-corrected chi connectivity index (χ4v) is 3.20. The molecule has 0 aliphatic rings. The maximum absolute atomic E-state index is 12.2. The van der Waals surface area contributed by atoms with Crippen molar-refractivity contribution < 1.29 is 19.1 Å². The molecule has 2 rings (SSSR count). The van der Waals surface area contributed by atoms with E-state index in [1.165, 1.54) is 6.08 Å². The third-order valence-corrected chi connectivity index (χ3v) is 5.04. The third kappa shape index (κ3) is 7.86. The Morgan fingerprint density at radius 2 is 1.91 bits per heavy atom. The predicted molar refractivity (Wildman–Crippen MR) is 127 cm³/mol. The number of nitrogens with one attached hydrogen (secondary N) is 1. The SMILES string of the molecule is CCCCNC(=O)/C(C#N)=C/c1ccc(OC(=O)COc2ccc(Br)cc2C(C)C)cc1. The van der Waals surface area contributed by atoms with Crippen LogP contribution >= 0.6 is 15.9 Å². The second kappa shape index (κ2) is 12.7. The van der Waals surface area contributed by atoms with Crippen molar-refractivity contribution in [2.24, 2.45) is 0 Å². The molecule has 0 atom stereocenters. The maximum atomic E-state index is 12.2. The topological polar surface area (TPSA) is 88.4 Å². The number of nitrogens with zero attached hydrogens (tertiary/aromatic N) is 1. The van der Waals surface area contributed by atoms with Crippen molar-refractivity contribution in [2.45, 2.75) is 39.5 Å². The third-order valence-electron chi connectivity index (χ3n) is 4.54. The summed E-state index contributed by atoms with van der Waals surface area (Å²) in [5.41, 5.74) is 1.67. The lowest BCUT2D eigenvalue weighted by atomic mass is 10.0. The van der Waals surface area contributed by atoms with Gasteiger partial charge in [-0.15, -0.1) is 0 Å². The van der Waals surface area contributed by atoms with Gasteiger partial charge in [-0.1, -0.05) is 55.3 Å². The van der Waals surface area contributed by atoms with E-state index < -0.39 is 11.9 Å². The lowest BCUT2D eigenvalue weighted by molar-refractivity contribution is -0.136. The first-order chi connectivity index (χ1) is 15.3. The highest BCUT2D eigenvalue weighted by molar-refractivity contribution is 9.10. The standard InChI is InChI=1S/C25H27BrN2O4/c1-4-5-12-28-25(30)19(15-27)13-18-6-9-21(10-7-18)32-24(29)16-31-23-11-8-20(26)14-22(23)17(2)3/h6-11,13-14,17H,4-5,12,16H2,1-3H3,(H,28,30)/b19-13+. The van der Waals surface area contributed by atoms with Gasteiger partial charge in [-0.25, -0.2) is 4.79 Å². The zero-order valence-electron chi connectivity index (χ0n) is 18.5. The Morgan fingerprint density at radius 1 is 1.19 bits per heavy atom. The minimum absolute atomic E-state index is 0.0229. The van der Waals surface area contributed by atoms with Crippen molar-refractivity contribution in [1.82, 2.24) is 5.32 Å². The summed E-state index contributed by atoms with van der Waals surface area (Å²) < 4.78 is 11.9. The van der Waals surface area contributed by atoms with E-state index in [9.17, 15) is 14.9 Å². The van der Waals surface area contributed by atoms with Gasteiger partial charge >= 0.3 is 5.97 Å². The number of hydrogen-bond donors (Lipinski definition) is 1. The number of halogens is 1. The molecule has 0 heterocycles. The summed E-state index contributed by atoms with van der Waals surface area (Å²) in [5.74, 6) is 0.302. The molecular weight excluding hydrogens is 472 g/mol. The van der Waals surface area contributed by atoms with Crippen molar-refractivity contribution in [3.63, 3.8) is 0 Å². The van der Waals surface area contributed by atoms with Crippen molar-refractivity contribution in [2.75, 3.05) is 13.2 Å². The molecule has 1 N–H and O–H groups in total. The zero-order valence-corrected chi connectivity index (χ0v) is 20.1. The van der Waals surface area contributed by atoms with Gasteiger partial charge in [-0.3, -0.25) is 4.79 Å². The first kappa shape index (κ1) is 25.2. The predicted octanol–water partition coefficient (Wildman–Crippen LogP) is 5.38. The summed E-state index contributed by atoms with van der Waals surface area (Å²) in [6, 6.07) is 14.1.